The molecule has 1 fully saturated rings. The lowest BCUT2D eigenvalue weighted by atomic mass is 9.88. The minimum atomic E-state index is 0.166. The number of hydrogen-bond donors (Lipinski definition) is 0. The molecule has 0 aromatic heterocycles. The smallest absolute Gasteiger partial charge is 0.140 e. The average molecular weight is 244 g/mol. The molecule has 1 saturated carbocycles. The molecule has 0 spiro atoms. The zero-order valence-electron chi connectivity index (χ0n) is 11.6. The van der Waals surface area contributed by atoms with Crippen molar-refractivity contribution in [1.82, 2.24) is 0 Å². The van der Waals surface area contributed by atoms with E-state index in [9.17, 15) is 4.79 Å². The van der Waals surface area contributed by atoms with Crippen LogP contribution in [0.15, 0.2) is 24.3 Å². The van der Waals surface area contributed by atoms with Crippen LogP contribution >= 0.6 is 0 Å². The minimum absolute atomic E-state index is 0.166. The molecule has 1 aromatic rings. The largest absolute Gasteiger partial charge is 0.299 e. The number of benzene rings is 1. The molecule has 0 N–H and O–H groups in total. The number of carbonyl (C=O) groups excluding carboxylic acids is 1. The quantitative estimate of drug-likeness (QED) is 0.715. The third-order valence-corrected chi connectivity index (χ3v) is 3.80. The van der Waals surface area contributed by atoms with E-state index in [0.29, 0.717) is 11.7 Å². The molecule has 1 unspecified atom stereocenters. The van der Waals surface area contributed by atoms with Crippen molar-refractivity contribution in [3.63, 3.8) is 0 Å². The van der Waals surface area contributed by atoms with Crippen LogP contribution in [-0.4, -0.2) is 5.78 Å². The van der Waals surface area contributed by atoms with Gasteiger partial charge in [0.25, 0.3) is 0 Å². The first-order valence-electron chi connectivity index (χ1n) is 7.28. The highest BCUT2D eigenvalue weighted by Crippen LogP contribution is 2.29. The lowest BCUT2D eigenvalue weighted by Gasteiger charge is -2.15. The number of rotatable bonds is 3. The Bertz CT molecular complexity index is 406. The Hall–Kier alpha value is -1.11. The molecule has 2 rings (SSSR count). The third kappa shape index (κ3) is 3.44. The summed E-state index contributed by atoms with van der Waals surface area (Å²) in [5.41, 5.74) is 2.62. The number of hydrogen-bond acceptors (Lipinski definition) is 1. The zero-order valence-corrected chi connectivity index (χ0v) is 11.6. The summed E-state index contributed by atoms with van der Waals surface area (Å²) in [7, 11) is 0. The topological polar surface area (TPSA) is 17.1 Å². The van der Waals surface area contributed by atoms with Gasteiger partial charge in [-0.1, -0.05) is 51.0 Å². The Morgan fingerprint density at radius 2 is 2.06 bits per heavy atom. The SMILES string of the molecule is CC(C)Cc1cccc(C2CCCCCC2=O)c1. The van der Waals surface area contributed by atoms with Crippen molar-refractivity contribution in [1.29, 1.82) is 0 Å². The van der Waals surface area contributed by atoms with Gasteiger partial charge in [-0.2, -0.15) is 0 Å². The predicted molar refractivity (Wildman–Crippen MR) is 75.8 cm³/mol. The number of carbonyl (C=O) groups is 1. The van der Waals surface area contributed by atoms with Crippen molar-refractivity contribution in [2.75, 3.05) is 0 Å². The van der Waals surface area contributed by atoms with Crippen molar-refractivity contribution < 1.29 is 4.79 Å². The maximum atomic E-state index is 12.1. The second-order valence-electron chi connectivity index (χ2n) is 5.96. The molecule has 1 nitrogen and oxygen atoms in total. The fourth-order valence-corrected chi connectivity index (χ4v) is 2.92. The highest BCUT2D eigenvalue weighted by Gasteiger charge is 2.22. The molecule has 1 aliphatic carbocycles. The van der Waals surface area contributed by atoms with Crippen LogP contribution in [0.25, 0.3) is 0 Å². The molecule has 0 radical (unpaired) electrons. The van der Waals surface area contributed by atoms with E-state index in [2.05, 4.69) is 38.1 Å². The molecule has 0 bridgehead atoms. The molecule has 18 heavy (non-hydrogen) atoms. The second-order valence-corrected chi connectivity index (χ2v) is 5.96. The molecule has 98 valence electrons. The summed E-state index contributed by atoms with van der Waals surface area (Å²) in [6, 6.07) is 8.70. The van der Waals surface area contributed by atoms with E-state index in [0.717, 1.165) is 25.7 Å². The lowest BCUT2D eigenvalue weighted by molar-refractivity contribution is -0.120. The van der Waals surface area contributed by atoms with Crippen LogP contribution in [0.5, 0.6) is 0 Å². The van der Waals surface area contributed by atoms with Gasteiger partial charge in [0.15, 0.2) is 0 Å². The third-order valence-electron chi connectivity index (χ3n) is 3.80. The molecule has 0 aliphatic heterocycles. The van der Waals surface area contributed by atoms with Crippen LogP contribution in [0.2, 0.25) is 0 Å². The van der Waals surface area contributed by atoms with E-state index < -0.39 is 0 Å². The predicted octanol–water partition coefficient (Wildman–Crippen LogP) is 4.50. The molecule has 0 amide bonds. The summed E-state index contributed by atoms with van der Waals surface area (Å²) in [5.74, 6) is 1.29. The van der Waals surface area contributed by atoms with Gasteiger partial charge in [0.1, 0.15) is 5.78 Å². The number of ketones is 1. The molecular formula is C17H24O. The van der Waals surface area contributed by atoms with Gasteiger partial charge < -0.3 is 0 Å². The van der Waals surface area contributed by atoms with E-state index >= 15 is 0 Å². The van der Waals surface area contributed by atoms with E-state index in [-0.39, 0.29) is 5.92 Å². The van der Waals surface area contributed by atoms with Crippen LogP contribution < -0.4 is 0 Å². The van der Waals surface area contributed by atoms with Crippen LogP contribution in [0.1, 0.15) is 63.0 Å². The normalized spacial score (nSPS) is 21.1. The Labute approximate surface area is 111 Å². The summed E-state index contributed by atoms with van der Waals surface area (Å²) in [4.78, 5) is 12.1. The van der Waals surface area contributed by atoms with Crippen molar-refractivity contribution in [3.8, 4) is 0 Å². The molecule has 1 atom stereocenters. The van der Waals surface area contributed by atoms with Crippen LogP contribution in [0.4, 0.5) is 0 Å². The van der Waals surface area contributed by atoms with Gasteiger partial charge >= 0.3 is 0 Å². The molecular weight excluding hydrogens is 220 g/mol. The molecule has 1 heteroatoms. The van der Waals surface area contributed by atoms with Gasteiger partial charge in [-0.3, -0.25) is 4.79 Å². The van der Waals surface area contributed by atoms with E-state index in [4.69, 9.17) is 0 Å². The summed E-state index contributed by atoms with van der Waals surface area (Å²) >= 11 is 0. The van der Waals surface area contributed by atoms with Crippen molar-refractivity contribution >= 4 is 5.78 Å². The Morgan fingerprint density at radius 3 is 2.83 bits per heavy atom. The van der Waals surface area contributed by atoms with Crippen LogP contribution in [0, 0.1) is 5.92 Å². The van der Waals surface area contributed by atoms with Crippen molar-refractivity contribution in [2.24, 2.45) is 5.92 Å². The lowest BCUT2D eigenvalue weighted by Crippen LogP contribution is -2.10. The first kappa shape index (κ1) is 13.3. The fraction of sp³-hybridized carbons (Fsp3) is 0.588. The Kier molecular flexibility index (Phi) is 4.57. The van der Waals surface area contributed by atoms with Crippen LogP contribution in [-0.2, 0) is 11.2 Å². The minimum Gasteiger partial charge on any atom is -0.299 e. The standard InChI is InChI=1S/C17H24O/c1-13(2)11-14-7-6-8-15(12-14)16-9-4-3-5-10-17(16)18/h6-8,12-13,16H,3-5,9-11H2,1-2H3. The zero-order chi connectivity index (χ0) is 13.0. The Morgan fingerprint density at radius 1 is 1.22 bits per heavy atom. The van der Waals surface area contributed by atoms with E-state index in [1.807, 2.05) is 0 Å². The average Bonchev–Trinajstić information content (AvgIpc) is 2.53. The number of Topliss-reactive ketones (excluding diaryl/α,β-unsaturated/α-hetero) is 1. The van der Waals surface area contributed by atoms with E-state index in [1.54, 1.807) is 0 Å². The maximum absolute atomic E-state index is 12.1. The molecule has 0 saturated heterocycles. The van der Waals surface area contributed by atoms with Gasteiger partial charge in [0.05, 0.1) is 0 Å². The summed E-state index contributed by atoms with van der Waals surface area (Å²) in [6.45, 7) is 4.48. The molecule has 0 heterocycles. The summed E-state index contributed by atoms with van der Waals surface area (Å²) in [6.07, 6.45) is 6.43. The second kappa shape index (κ2) is 6.17. The van der Waals surface area contributed by atoms with Gasteiger partial charge in [0.2, 0.25) is 0 Å². The first-order chi connectivity index (χ1) is 8.66. The van der Waals surface area contributed by atoms with Crippen molar-refractivity contribution in [3.05, 3.63) is 35.4 Å². The highest BCUT2D eigenvalue weighted by atomic mass is 16.1. The maximum Gasteiger partial charge on any atom is 0.140 e. The monoisotopic (exact) mass is 244 g/mol. The highest BCUT2D eigenvalue weighted by molar-refractivity contribution is 5.85. The first-order valence-corrected chi connectivity index (χ1v) is 7.28. The van der Waals surface area contributed by atoms with Gasteiger partial charge in [-0.25, -0.2) is 0 Å². The molecule has 1 aliphatic rings. The van der Waals surface area contributed by atoms with Gasteiger partial charge in [0, 0.05) is 12.3 Å². The van der Waals surface area contributed by atoms with Crippen molar-refractivity contribution in [2.45, 2.75) is 58.3 Å². The van der Waals surface area contributed by atoms with E-state index in [1.165, 1.54) is 24.0 Å². The van der Waals surface area contributed by atoms with Gasteiger partial charge in [-0.15, -0.1) is 0 Å². The van der Waals surface area contributed by atoms with Crippen LogP contribution in [0.3, 0.4) is 0 Å². The summed E-state index contributed by atoms with van der Waals surface area (Å²) in [5, 5.41) is 0. The fourth-order valence-electron chi connectivity index (χ4n) is 2.92. The van der Waals surface area contributed by atoms with Gasteiger partial charge in [-0.05, 0) is 36.3 Å². The Balaban J connectivity index is 2.18. The molecule has 1 aromatic carbocycles. The summed E-state index contributed by atoms with van der Waals surface area (Å²) < 4.78 is 0.